The maximum Gasteiger partial charge on any atom is 0.327 e. The van der Waals surface area contributed by atoms with Crippen LogP contribution in [0.4, 0.5) is 5.82 Å². The number of methoxy groups -OCH3 is 1. The monoisotopic (exact) mass is 217 g/mol. The van der Waals surface area contributed by atoms with Crippen molar-refractivity contribution in [3.8, 4) is 0 Å². The minimum Gasteiger partial charge on any atom is -0.468 e. The third-order valence-corrected chi connectivity index (χ3v) is 1.66. The molecule has 1 heterocycles. The second-order valence-corrected chi connectivity index (χ2v) is 2.48. The van der Waals surface area contributed by atoms with Crippen LogP contribution in [0.15, 0.2) is 18.3 Å². The van der Waals surface area contributed by atoms with Gasteiger partial charge in [0.05, 0.1) is 7.11 Å². The standard InChI is InChI=1S/C8H11N3O2.ClH/c1-13-8(12)6(9)5-3-2-4-11-7(5)10;/h2-4,6H,9H2,1H3,(H2,10,11);1H/t6-;/m1./s1. The van der Waals surface area contributed by atoms with Gasteiger partial charge >= 0.3 is 5.97 Å². The van der Waals surface area contributed by atoms with E-state index in [4.69, 9.17) is 11.5 Å². The number of pyridine rings is 1. The summed E-state index contributed by atoms with van der Waals surface area (Å²) in [5, 5.41) is 0. The molecule has 0 amide bonds. The lowest BCUT2D eigenvalue weighted by Crippen LogP contribution is -2.23. The summed E-state index contributed by atoms with van der Waals surface area (Å²) in [5.74, 6) is -0.278. The Morgan fingerprint density at radius 2 is 2.29 bits per heavy atom. The van der Waals surface area contributed by atoms with Gasteiger partial charge in [-0.2, -0.15) is 0 Å². The van der Waals surface area contributed by atoms with Crippen molar-refractivity contribution in [2.45, 2.75) is 6.04 Å². The molecular formula is C8H12ClN3O2. The predicted octanol–water partition coefficient (Wildman–Crippen LogP) is 0.258. The Balaban J connectivity index is 0.00000169. The number of nitrogens with zero attached hydrogens (tertiary/aromatic N) is 1. The van der Waals surface area contributed by atoms with Crippen molar-refractivity contribution in [1.82, 2.24) is 4.98 Å². The van der Waals surface area contributed by atoms with Gasteiger partial charge in [-0.15, -0.1) is 12.4 Å². The van der Waals surface area contributed by atoms with Gasteiger partial charge in [-0.1, -0.05) is 6.07 Å². The van der Waals surface area contributed by atoms with Crippen LogP contribution in [0, 0.1) is 0 Å². The van der Waals surface area contributed by atoms with Crippen molar-refractivity contribution in [2.24, 2.45) is 5.73 Å². The van der Waals surface area contributed by atoms with Crippen molar-refractivity contribution in [1.29, 1.82) is 0 Å². The number of rotatable bonds is 2. The number of carbonyl (C=O) groups is 1. The van der Waals surface area contributed by atoms with Crippen LogP contribution in [0.3, 0.4) is 0 Å². The highest BCUT2D eigenvalue weighted by Crippen LogP contribution is 2.16. The summed E-state index contributed by atoms with van der Waals surface area (Å²) in [6.45, 7) is 0. The number of aromatic nitrogens is 1. The first-order valence-corrected chi connectivity index (χ1v) is 3.70. The molecule has 1 atom stereocenters. The molecule has 0 saturated heterocycles. The SMILES string of the molecule is COC(=O)[C@H](N)c1cccnc1N.Cl. The van der Waals surface area contributed by atoms with Crippen molar-refractivity contribution in [3.05, 3.63) is 23.9 Å². The van der Waals surface area contributed by atoms with Gasteiger partial charge in [-0.25, -0.2) is 4.98 Å². The van der Waals surface area contributed by atoms with E-state index in [2.05, 4.69) is 9.72 Å². The molecule has 78 valence electrons. The first-order chi connectivity index (χ1) is 6.16. The largest absolute Gasteiger partial charge is 0.468 e. The number of esters is 1. The molecule has 6 heteroatoms. The van der Waals surface area contributed by atoms with Gasteiger partial charge in [-0.05, 0) is 6.07 Å². The van der Waals surface area contributed by atoms with Gasteiger partial charge < -0.3 is 16.2 Å². The summed E-state index contributed by atoms with van der Waals surface area (Å²) in [7, 11) is 1.27. The number of anilines is 1. The number of hydrogen-bond donors (Lipinski definition) is 2. The molecular weight excluding hydrogens is 206 g/mol. The average molecular weight is 218 g/mol. The third kappa shape index (κ3) is 2.58. The zero-order valence-electron chi connectivity index (χ0n) is 7.64. The molecule has 0 fully saturated rings. The third-order valence-electron chi connectivity index (χ3n) is 1.66. The molecule has 0 aliphatic heterocycles. The molecule has 0 saturated carbocycles. The summed E-state index contributed by atoms with van der Waals surface area (Å²) in [4.78, 5) is 14.8. The van der Waals surface area contributed by atoms with Gasteiger partial charge in [0.25, 0.3) is 0 Å². The molecule has 0 aromatic carbocycles. The maximum atomic E-state index is 11.0. The van der Waals surface area contributed by atoms with Gasteiger partial charge in [0.2, 0.25) is 0 Å². The summed E-state index contributed by atoms with van der Waals surface area (Å²) in [6.07, 6.45) is 1.53. The number of halogens is 1. The lowest BCUT2D eigenvalue weighted by Gasteiger charge is -2.10. The van der Waals surface area contributed by atoms with Crippen LogP contribution >= 0.6 is 12.4 Å². The lowest BCUT2D eigenvalue weighted by molar-refractivity contribution is -0.142. The van der Waals surface area contributed by atoms with Crippen LogP contribution in [0.25, 0.3) is 0 Å². The van der Waals surface area contributed by atoms with Crippen LogP contribution in [0.5, 0.6) is 0 Å². The highest BCUT2D eigenvalue weighted by atomic mass is 35.5. The second kappa shape index (κ2) is 5.41. The zero-order chi connectivity index (χ0) is 9.84. The fraction of sp³-hybridized carbons (Fsp3) is 0.250. The molecule has 0 unspecified atom stereocenters. The van der Waals surface area contributed by atoms with Crippen LogP contribution in [0.1, 0.15) is 11.6 Å². The molecule has 0 spiro atoms. The number of carbonyl (C=O) groups excluding carboxylic acids is 1. The summed E-state index contributed by atoms with van der Waals surface area (Å²) in [5.41, 5.74) is 11.6. The molecule has 0 aliphatic rings. The number of nitrogen functional groups attached to an aromatic ring is 1. The fourth-order valence-corrected chi connectivity index (χ4v) is 0.947. The quantitative estimate of drug-likeness (QED) is 0.694. The Morgan fingerprint density at radius 3 is 2.79 bits per heavy atom. The topological polar surface area (TPSA) is 91.2 Å². The average Bonchev–Trinajstić information content (AvgIpc) is 2.16. The van der Waals surface area contributed by atoms with Gasteiger partial charge in [0, 0.05) is 11.8 Å². The summed E-state index contributed by atoms with van der Waals surface area (Å²) in [6, 6.07) is 2.44. The van der Waals surface area contributed by atoms with E-state index in [9.17, 15) is 4.79 Å². The molecule has 1 aromatic rings. The molecule has 1 rings (SSSR count). The van der Waals surface area contributed by atoms with Gasteiger partial charge in [-0.3, -0.25) is 4.79 Å². The van der Waals surface area contributed by atoms with Crippen molar-refractivity contribution in [3.63, 3.8) is 0 Å². The van der Waals surface area contributed by atoms with E-state index in [1.165, 1.54) is 13.3 Å². The Hall–Kier alpha value is -1.33. The van der Waals surface area contributed by atoms with Gasteiger partial charge in [0.15, 0.2) is 0 Å². The molecule has 0 aliphatic carbocycles. The summed E-state index contributed by atoms with van der Waals surface area (Å²) >= 11 is 0. The van der Waals surface area contributed by atoms with Crippen LogP contribution in [-0.4, -0.2) is 18.1 Å². The Labute approximate surface area is 87.9 Å². The molecule has 5 nitrogen and oxygen atoms in total. The minimum atomic E-state index is -0.862. The molecule has 1 aromatic heterocycles. The van der Waals surface area contributed by atoms with E-state index in [0.717, 1.165) is 0 Å². The normalized spacial score (nSPS) is 11.3. The minimum absolute atomic E-state index is 0. The Bertz CT molecular complexity index is 319. The van der Waals surface area contributed by atoms with Crippen molar-refractivity contribution < 1.29 is 9.53 Å². The number of hydrogen-bond acceptors (Lipinski definition) is 5. The molecule has 0 bridgehead atoms. The van der Waals surface area contributed by atoms with Crippen LogP contribution in [-0.2, 0) is 9.53 Å². The van der Waals surface area contributed by atoms with Gasteiger partial charge in [0.1, 0.15) is 11.9 Å². The molecule has 4 N–H and O–H groups in total. The highest BCUT2D eigenvalue weighted by molar-refractivity contribution is 5.85. The highest BCUT2D eigenvalue weighted by Gasteiger charge is 2.18. The smallest absolute Gasteiger partial charge is 0.327 e. The number of nitrogens with two attached hydrogens (primary N) is 2. The lowest BCUT2D eigenvalue weighted by atomic mass is 10.1. The van der Waals surface area contributed by atoms with Crippen LogP contribution in [0.2, 0.25) is 0 Å². The molecule has 14 heavy (non-hydrogen) atoms. The van der Waals surface area contributed by atoms with Crippen LogP contribution < -0.4 is 11.5 Å². The van der Waals surface area contributed by atoms with Crippen molar-refractivity contribution >= 4 is 24.2 Å². The second-order valence-electron chi connectivity index (χ2n) is 2.48. The first-order valence-electron chi connectivity index (χ1n) is 3.70. The fourth-order valence-electron chi connectivity index (χ4n) is 0.947. The van der Waals surface area contributed by atoms with E-state index in [1.54, 1.807) is 12.1 Å². The van der Waals surface area contributed by atoms with E-state index < -0.39 is 12.0 Å². The Morgan fingerprint density at radius 1 is 1.64 bits per heavy atom. The van der Waals surface area contributed by atoms with E-state index in [1.807, 2.05) is 0 Å². The van der Waals surface area contributed by atoms with E-state index >= 15 is 0 Å². The maximum absolute atomic E-state index is 11.0. The van der Waals surface area contributed by atoms with E-state index in [0.29, 0.717) is 5.56 Å². The molecule has 0 radical (unpaired) electrons. The Kier molecular flexibility index (Phi) is 4.90. The zero-order valence-corrected chi connectivity index (χ0v) is 8.45. The van der Waals surface area contributed by atoms with Crippen molar-refractivity contribution in [2.75, 3.05) is 12.8 Å². The van der Waals surface area contributed by atoms with E-state index in [-0.39, 0.29) is 18.2 Å². The first kappa shape index (κ1) is 12.7. The number of ether oxygens (including phenoxy) is 1. The summed E-state index contributed by atoms with van der Waals surface area (Å²) < 4.78 is 4.47. The predicted molar refractivity (Wildman–Crippen MR) is 54.8 cm³/mol.